The molecule has 0 amide bonds. The maximum atomic E-state index is 12.0. The monoisotopic (exact) mass is 357 g/mol. The van der Waals surface area contributed by atoms with Crippen molar-refractivity contribution in [2.45, 2.75) is 0 Å². The minimum atomic E-state index is -0.457. The Labute approximate surface area is 136 Å². The topological polar surface area (TPSA) is 47.9 Å². The van der Waals surface area contributed by atoms with E-state index in [4.69, 9.17) is 9.47 Å². The Morgan fingerprint density at radius 2 is 1.86 bits per heavy atom. The second kappa shape index (κ2) is 6.15. The minimum Gasteiger partial charge on any atom is -0.497 e. The van der Waals surface area contributed by atoms with E-state index in [2.05, 4.69) is 20.9 Å². The van der Waals surface area contributed by atoms with Crippen LogP contribution in [0.1, 0.15) is 11.1 Å². The van der Waals surface area contributed by atoms with Gasteiger partial charge in [-0.15, -0.1) is 0 Å². The Hall–Kier alpha value is -2.40. The number of hydrogen-bond donors (Lipinski definition) is 0. The maximum Gasteiger partial charge on any atom is 0.363 e. The van der Waals surface area contributed by atoms with Crippen molar-refractivity contribution < 1.29 is 14.3 Å². The summed E-state index contributed by atoms with van der Waals surface area (Å²) >= 11 is 3.44. The van der Waals surface area contributed by atoms with Gasteiger partial charge in [0.25, 0.3) is 0 Å². The number of esters is 1. The van der Waals surface area contributed by atoms with Gasteiger partial charge in [-0.1, -0.05) is 34.1 Å². The van der Waals surface area contributed by atoms with E-state index in [-0.39, 0.29) is 5.70 Å². The Morgan fingerprint density at radius 3 is 2.55 bits per heavy atom. The van der Waals surface area contributed by atoms with Gasteiger partial charge in [0.1, 0.15) is 5.75 Å². The van der Waals surface area contributed by atoms with Crippen LogP contribution < -0.4 is 4.74 Å². The fraction of sp³-hybridized carbons (Fsp3) is 0.0588. The quantitative estimate of drug-likeness (QED) is 0.619. The lowest BCUT2D eigenvalue weighted by Crippen LogP contribution is -2.05. The maximum absolute atomic E-state index is 12.0. The predicted octanol–water partition coefficient (Wildman–Crippen LogP) is 3.80. The average molecular weight is 358 g/mol. The molecule has 0 aromatic heterocycles. The normalized spacial score (nSPS) is 15.6. The van der Waals surface area contributed by atoms with Crippen LogP contribution in [0.4, 0.5) is 0 Å². The van der Waals surface area contributed by atoms with Gasteiger partial charge >= 0.3 is 5.97 Å². The first-order chi connectivity index (χ1) is 10.7. The summed E-state index contributed by atoms with van der Waals surface area (Å²) < 4.78 is 11.2. The first-order valence-corrected chi connectivity index (χ1v) is 7.38. The van der Waals surface area contributed by atoms with Crippen molar-refractivity contribution >= 4 is 33.9 Å². The SMILES string of the molecule is COc1ccc(C2=NC(=Cc3ccccc3Br)C(=O)O2)cc1. The summed E-state index contributed by atoms with van der Waals surface area (Å²) in [6, 6.07) is 14.8. The van der Waals surface area contributed by atoms with Crippen molar-refractivity contribution in [2.24, 2.45) is 4.99 Å². The molecule has 0 fully saturated rings. The summed E-state index contributed by atoms with van der Waals surface area (Å²) in [4.78, 5) is 16.2. The first-order valence-electron chi connectivity index (χ1n) is 6.59. The van der Waals surface area contributed by atoms with Crippen LogP contribution in [0.15, 0.2) is 63.7 Å². The Morgan fingerprint density at radius 1 is 1.14 bits per heavy atom. The van der Waals surface area contributed by atoms with E-state index in [9.17, 15) is 4.79 Å². The second-order valence-electron chi connectivity index (χ2n) is 4.59. The van der Waals surface area contributed by atoms with Crippen LogP contribution in [-0.2, 0) is 9.53 Å². The minimum absolute atomic E-state index is 0.276. The zero-order chi connectivity index (χ0) is 15.5. The molecule has 0 unspecified atom stereocenters. The van der Waals surface area contributed by atoms with Crippen LogP contribution in [-0.4, -0.2) is 19.0 Å². The van der Waals surface area contributed by atoms with Crippen LogP contribution in [0.3, 0.4) is 0 Å². The average Bonchev–Trinajstić information content (AvgIpc) is 2.91. The number of aliphatic imine (C=N–C) groups is 1. The summed E-state index contributed by atoms with van der Waals surface area (Å²) in [5.41, 5.74) is 1.87. The number of carbonyl (C=O) groups excluding carboxylic acids is 1. The molecular formula is C17H12BrNO3. The van der Waals surface area contributed by atoms with Gasteiger partial charge in [0.05, 0.1) is 7.11 Å². The molecule has 110 valence electrons. The third-order valence-electron chi connectivity index (χ3n) is 3.15. The van der Waals surface area contributed by atoms with Crippen LogP contribution in [0, 0.1) is 0 Å². The molecule has 4 nitrogen and oxygen atoms in total. The molecule has 0 bridgehead atoms. The number of methoxy groups -OCH3 is 1. The van der Waals surface area contributed by atoms with Gasteiger partial charge in [0.2, 0.25) is 5.90 Å². The summed E-state index contributed by atoms with van der Waals surface area (Å²) in [6.07, 6.45) is 1.70. The van der Waals surface area contributed by atoms with E-state index < -0.39 is 5.97 Å². The molecule has 0 saturated heterocycles. The number of ether oxygens (including phenoxy) is 2. The lowest BCUT2D eigenvalue weighted by molar-refractivity contribution is -0.129. The number of hydrogen-bond acceptors (Lipinski definition) is 4. The summed E-state index contributed by atoms with van der Waals surface area (Å²) in [5, 5.41) is 0. The molecule has 0 N–H and O–H groups in total. The molecular weight excluding hydrogens is 346 g/mol. The second-order valence-corrected chi connectivity index (χ2v) is 5.44. The Balaban J connectivity index is 1.92. The molecule has 2 aromatic rings. The van der Waals surface area contributed by atoms with Crippen molar-refractivity contribution in [1.82, 2.24) is 0 Å². The molecule has 0 saturated carbocycles. The lowest BCUT2D eigenvalue weighted by Gasteiger charge is -2.01. The Bertz CT molecular complexity index is 779. The molecule has 0 radical (unpaired) electrons. The van der Waals surface area contributed by atoms with Crippen LogP contribution in [0.25, 0.3) is 6.08 Å². The lowest BCUT2D eigenvalue weighted by atomic mass is 10.2. The number of benzene rings is 2. The molecule has 0 aliphatic carbocycles. The van der Waals surface area contributed by atoms with Crippen molar-refractivity contribution in [3.8, 4) is 5.75 Å². The van der Waals surface area contributed by atoms with Gasteiger partial charge in [0.15, 0.2) is 5.70 Å². The highest BCUT2D eigenvalue weighted by Crippen LogP contribution is 2.24. The standard InChI is InChI=1S/C17H12BrNO3/c1-21-13-8-6-11(7-9-13)16-19-15(17(20)22-16)10-12-4-2-3-5-14(12)18/h2-10H,1H3. The van der Waals surface area contributed by atoms with Crippen molar-refractivity contribution in [2.75, 3.05) is 7.11 Å². The van der Waals surface area contributed by atoms with Crippen LogP contribution in [0.5, 0.6) is 5.75 Å². The molecule has 0 spiro atoms. The molecule has 1 aliphatic rings. The van der Waals surface area contributed by atoms with E-state index in [0.717, 1.165) is 21.3 Å². The zero-order valence-electron chi connectivity index (χ0n) is 11.7. The zero-order valence-corrected chi connectivity index (χ0v) is 13.3. The highest BCUT2D eigenvalue weighted by molar-refractivity contribution is 9.10. The summed E-state index contributed by atoms with van der Waals surface area (Å²) in [6.45, 7) is 0. The van der Waals surface area contributed by atoms with Gasteiger partial charge in [-0.25, -0.2) is 9.79 Å². The Kier molecular flexibility index (Phi) is 4.06. The van der Waals surface area contributed by atoms with Crippen molar-refractivity contribution in [3.63, 3.8) is 0 Å². The largest absolute Gasteiger partial charge is 0.497 e. The van der Waals surface area contributed by atoms with Gasteiger partial charge in [-0.3, -0.25) is 0 Å². The molecule has 3 rings (SSSR count). The van der Waals surface area contributed by atoms with Crippen molar-refractivity contribution in [1.29, 1.82) is 0 Å². The fourth-order valence-electron chi connectivity index (χ4n) is 2.01. The molecule has 22 heavy (non-hydrogen) atoms. The van der Waals surface area contributed by atoms with E-state index in [1.165, 1.54) is 0 Å². The molecule has 5 heteroatoms. The molecule has 0 atom stereocenters. The van der Waals surface area contributed by atoms with E-state index in [1.54, 1.807) is 37.5 Å². The van der Waals surface area contributed by atoms with Gasteiger partial charge < -0.3 is 9.47 Å². The highest BCUT2D eigenvalue weighted by atomic mass is 79.9. The number of rotatable bonds is 3. The fourth-order valence-corrected chi connectivity index (χ4v) is 2.40. The van der Waals surface area contributed by atoms with Crippen LogP contribution in [0.2, 0.25) is 0 Å². The predicted molar refractivity (Wildman–Crippen MR) is 87.7 cm³/mol. The molecule has 1 aliphatic heterocycles. The summed E-state index contributed by atoms with van der Waals surface area (Å²) in [7, 11) is 1.60. The van der Waals surface area contributed by atoms with Gasteiger partial charge in [-0.2, -0.15) is 0 Å². The van der Waals surface area contributed by atoms with E-state index >= 15 is 0 Å². The van der Waals surface area contributed by atoms with Gasteiger partial charge in [0, 0.05) is 10.0 Å². The highest BCUT2D eigenvalue weighted by Gasteiger charge is 2.24. The van der Waals surface area contributed by atoms with Crippen molar-refractivity contribution in [3.05, 3.63) is 69.8 Å². The van der Waals surface area contributed by atoms with E-state index in [0.29, 0.717) is 5.90 Å². The van der Waals surface area contributed by atoms with Crippen LogP contribution >= 0.6 is 15.9 Å². The third kappa shape index (κ3) is 2.94. The first kappa shape index (κ1) is 14.5. The number of nitrogens with zero attached hydrogens (tertiary/aromatic N) is 1. The van der Waals surface area contributed by atoms with Gasteiger partial charge in [-0.05, 0) is 42.0 Å². The van der Waals surface area contributed by atoms with E-state index in [1.807, 2.05) is 24.3 Å². The third-order valence-corrected chi connectivity index (χ3v) is 3.88. The molecule has 1 heterocycles. The number of halogens is 1. The number of cyclic esters (lactones) is 1. The summed E-state index contributed by atoms with van der Waals surface area (Å²) in [5.74, 6) is 0.574. The smallest absolute Gasteiger partial charge is 0.363 e. The molecule has 2 aromatic carbocycles. The number of carbonyl (C=O) groups is 1.